The van der Waals surface area contributed by atoms with Crippen LogP contribution >= 0.6 is 0 Å². The summed E-state index contributed by atoms with van der Waals surface area (Å²) in [6.45, 7) is 0.874. The van der Waals surface area contributed by atoms with E-state index < -0.39 is 15.9 Å². The maximum atomic E-state index is 13.2. The number of nitrogens with two attached hydrogens (primary N) is 1. The van der Waals surface area contributed by atoms with Crippen molar-refractivity contribution in [1.82, 2.24) is 18.9 Å². The van der Waals surface area contributed by atoms with E-state index in [9.17, 15) is 22.4 Å². The number of amides is 1. The number of benzene rings is 2. The molecule has 1 saturated heterocycles. The molecule has 46 heavy (non-hydrogen) atoms. The van der Waals surface area contributed by atoms with E-state index >= 15 is 0 Å². The van der Waals surface area contributed by atoms with Crippen LogP contribution < -0.4 is 11.1 Å². The number of Topliss-reactive ketones (excluding diaryl/α,β-unsaturated/α-hetero) is 1. The van der Waals surface area contributed by atoms with E-state index in [1.54, 1.807) is 40.9 Å². The standard InChI is InChI=1S/C34H35FN6O4S/c1-46(44,45)40-17-15-25(16-18-40)30-20-29(32-33(36)37-21-38-41(30)32)24-9-13-27(14-10-24)39-34(43)28-4-2-3-23(19-31(28)42)6-5-22-7-11-26(35)12-8-22/h2-4,7-14,20-21,23,25H,5-6,15-19H2,1H3,(H,39,43)(H2,36,37,38). The molecule has 4 aromatic rings. The number of carbonyl (C=O) groups is 2. The first-order chi connectivity index (χ1) is 22.1. The van der Waals surface area contributed by atoms with Gasteiger partial charge in [0, 0.05) is 42.4 Å². The summed E-state index contributed by atoms with van der Waals surface area (Å²) >= 11 is 0. The Morgan fingerprint density at radius 3 is 2.50 bits per heavy atom. The molecule has 1 fully saturated rings. The molecule has 3 heterocycles. The third-order valence-electron chi connectivity index (χ3n) is 8.76. The average molecular weight is 643 g/mol. The van der Waals surface area contributed by atoms with Crippen molar-refractivity contribution >= 4 is 38.7 Å². The highest BCUT2D eigenvalue weighted by molar-refractivity contribution is 7.88. The van der Waals surface area contributed by atoms with Gasteiger partial charge in [0.2, 0.25) is 10.0 Å². The Balaban J connectivity index is 1.13. The van der Waals surface area contributed by atoms with Gasteiger partial charge in [-0.15, -0.1) is 0 Å². The number of ketones is 1. The molecule has 10 nitrogen and oxygen atoms in total. The van der Waals surface area contributed by atoms with Gasteiger partial charge in [-0.2, -0.15) is 5.10 Å². The molecule has 0 spiro atoms. The van der Waals surface area contributed by atoms with Gasteiger partial charge in [-0.05, 0) is 79.1 Å². The molecule has 238 valence electrons. The number of aryl methyl sites for hydroxylation is 1. The maximum Gasteiger partial charge on any atom is 0.259 e. The third-order valence-corrected chi connectivity index (χ3v) is 10.1. The lowest BCUT2D eigenvalue weighted by atomic mass is 9.93. The van der Waals surface area contributed by atoms with E-state index in [0.717, 1.165) is 22.4 Å². The van der Waals surface area contributed by atoms with Crippen molar-refractivity contribution < 1.29 is 22.4 Å². The number of nitrogen functional groups attached to an aromatic ring is 1. The molecule has 12 heteroatoms. The zero-order valence-corrected chi connectivity index (χ0v) is 26.2. The van der Waals surface area contributed by atoms with Gasteiger partial charge in [-0.1, -0.05) is 36.4 Å². The number of rotatable bonds is 8. The summed E-state index contributed by atoms with van der Waals surface area (Å²) in [5.74, 6) is -0.593. The van der Waals surface area contributed by atoms with Crippen LogP contribution in [0.15, 0.2) is 84.7 Å². The second-order valence-electron chi connectivity index (χ2n) is 11.9. The number of hydrogen-bond donors (Lipinski definition) is 2. The number of carbonyl (C=O) groups excluding carboxylic acids is 2. The van der Waals surface area contributed by atoms with Crippen molar-refractivity contribution in [2.45, 2.75) is 38.0 Å². The highest BCUT2D eigenvalue weighted by atomic mass is 32.2. The molecule has 2 aromatic heterocycles. The Kier molecular flexibility index (Phi) is 8.83. The fourth-order valence-corrected chi connectivity index (χ4v) is 7.11. The predicted molar refractivity (Wildman–Crippen MR) is 175 cm³/mol. The first-order valence-electron chi connectivity index (χ1n) is 15.2. The molecular formula is C34H35FN6O4S. The normalized spacial score (nSPS) is 18.0. The van der Waals surface area contributed by atoms with E-state index in [0.29, 0.717) is 55.8 Å². The monoisotopic (exact) mass is 642 g/mol. The van der Waals surface area contributed by atoms with E-state index in [2.05, 4.69) is 15.4 Å². The number of aromatic nitrogens is 3. The summed E-state index contributed by atoms with van der Waals surface area (Å²) in [7, 11) is -3.24. The molecule has 1 aliphatic carbocycles. The van der Waals surface area contributed by atoms with Crippen LogP contribution in [-0.4, -0.2) is 58.4 Å². The van der Waals surface area contributed by atoms with Crippen LogP contribution in [0.25, 0.3) is 16.6 Å². The van der Waals surface area contributed by atoms with Crippen LogP contribution in [-0.2, 0) is 26.0 Å². The van der Waals surface area contributed by atoms with Crippen molar-refractivity contribution in [2.75, 3.05) is 30.4 Å². The van der Waals surface area contributed by atoms with Gasteiger partial charge < -0.3 is 11.1 Å². The summed E-state index contributed by atoms with van der Waals surface area (Å²) in [6, 6.07) is 15.6. The summed E-state index contributed by atoms with van der Waals surface area (Å²) < 4.78 is 40.5. The van der Waals surface area contributed by atoms with Crippen LogP contribution in [0.1, 0.15) is 42.9 Å². The van der Waals surface area contributed by atoms with E-state index in [1.165, 1.54) is 29.0 Å². The zero-order chi connectivity index (χ0) is 32.4. The fourth-order valence-electron chi connectivity index (χ4n) is 6.24. The number of fused-ring (bicyclic) bond motifs is 1. The number of allylic oxidation sites excluding steroid dienone is 3. The minimum atomic E-state index is -3.24. The second kappa shape index (κ2) is 13.0. The number of piperidine rings is 1. The first kappa shape index (κ1) is 31.3. The highest BCUT2D eigenvalue weighted by Gasteiger charge is 2.29. The molecule has 0 radical (unpaired) electrons. The van der Waals surface area contributed by atoms with Crippen molar-refractivity contribution in [3.05, 3.63) is 102 Å². The minimum absolute atomic E-state index is 0.0239. The number of anilines is 2. The van der Waals surface area contributed by atoms with Crippen LogP contribution in [0.3, 0.4) is 0 Å². The smallest absolute Gasteiger partial charge is 0.259 e. The summed E-state index contributed by atoms with van der Waals surface area (Å²) in [4.78, 5) is 30.4. The van der Waals surface area contributed by atoms with Gasteiger partial charge in [0.15, 0.2) is 11.6 Å². The highest BCUT2D eigenvalue weighted by Crippen LogP contribution is 2.37. The lowest BCUT2D eigenvalue weighted by molar-refractivity contribution is -0.120. The molecule has 6 rings (SSSR count). The Bertz CT molecular complexity index is 1940. The third kappa shape index (κ3) is 6.77. The largest absolute Gasteiger partial charge is 0.382 e. The Morgan fingerprint density at radius 1 is 1.09 bits per heavy atom. The lowest BCUT2D eigenvalue weighted by Crippen LogP contribution is -2.37. The molecule has 1 atom stereocenters. The maximum absolute atomic E-state index is 13.2. The minimum Gasteiger partial charge on any atom is -0.382 e. The van der Waals surface area contributed by atoms with Gasteiger partial charge in [0.05, 0.1) is 11.8 Å². The molecule has 0 saturated carbocycles. The SMILES string of the molecule is CS(=O)(=O)N1CCC(c2cc(-c3ccc(NC(=O)C4=CC=CC(CCc5ccc(F)cc5)CC4=O)cc3)c3c(N)ncnn23)CC1. The molecule has 2 aliphatic rings. The Labute approximate surface area is 266 Å². The number of sulfonamides is 1. The van der Waals surface area contributed by atoms with Crippen molar-refractivity contribution in [3.63, 3.8) is 0 Å². The first-order valence-corrected chi connectivity index (χ1v) is 17.1. The molecule has 1 amide bonds. The Morgan fingerprint density at radius 2 is 1.80 bits per heavy atom. The van der Waals surface area contributed by atoms with Gasteiger partial charge in [0.25, 0.3) is 5.91 Å². The molecule has 0 bridgehead atoms. The molecule has 1 aliphatic heterocycles. The Hall–Kier alpha value is -4.68. The number of halogens is 1. The molecule has 1 unspecified atom stereocenters. The van der Waals surface area contributed by atoms with Crippen LogP contribution in [0, 0.1) is 11.7 Å². The van der Waals surface area contributed by atoms with E-state index in [1.807, 2.05) is 24.3 Å². The second-order valence-corrected chi connectivity index (χ2v) is 13.9. The molecular weight excluding hydrogens is 607 g/mol. The molecule has 3 N–H and O–H groups in total. The van der Waals surface area contributed by atoms with Crippen LogP contribution in [0.5, 0.6) is 0 Å². The van der Waals surface area contributed by atoms with E-state index in [-0.39, 0.29) is 35.4 Å². The van der Waals surface area contributed by atoms with Gasteiger partial charge in [0.1, 0.15) is 17.7 Å². The van der Waals surface area contributed by atoms with Crippen molar-refractivity contribution in [3.8, 4) is 11.1 Å². The summed E-state index contributed by atoms with van der Waals surface area (Å²) in [5, 5.41) is 7.31. The molecule has 2 aromatic carbocycles. The average Bonchev–Trinajstić information content (AvgIpc) is 3.33. The fraction of sp³-hybridized carbons (Fsp3) is 0.294. The van der Waals surface area contributed by atoms with Crippen molar-refractivity contribution in [1.29, 1.82) is 0 Å². The number of hydrogen-bond acceptors (Lipinski definition) is 7. The van der Waals surface area contributed by atoms with Gasteiger partial charge >= 0.3 is 0 Å². The summed E-state index contributed by atoms with van der Waals surface area (Å²) in [5.41, 5.74) is 11.2. The van der Waals surface area contributed by atoms with Gasteiger partial charge in [-0.3, -0.25) is 9.59 Å². The predicted octanol–water partition coefficient (Wildman–Crippen LogP) is 4.90. The van der Waals surface area contributed by atoms with Crippen LogP contribution in [0.4, 0.5) is 15.9 Å². The number of nitrogens with one attached hydrogen (secondary N) is 1. The lowest BCUT2D eigenvalue weighted by Gasteiger charge is -2.29. The van der Waals surface area contributed by atoms with Crippen LogP contribution in [0.2, 0.25) is 0 Å². The zero-order valence-electron chi connectivity index (χ0n) is 25.4. The quantitative estimate of drug-likeness (QED) is 0.261. The van der Waals surface area contributed by atoms with E-state index in [4.69, 9.17) is 5.73 Å². The summed E-state index contributed by atoms with van der Waals surface area (Å²) in [6.07, 6.45) is 10.8. The van der Waals surface area contributed by atoms with Crippen molar-refractivity contribution in [2.24, 2.45) is 5.92 Å². The number of nitrogens with zero attached hydrogens (tertiary/aromatic N) is 4. The van der Waals surface area contributed by atoms with Gasteiger partial charge in [-0.25, -0.2) is 26.6 Å². The topological polar surface area (TPSA) is 140 Å².